The fraction of sp³-hybridized carbons (Fsp3) is 0.667. The minimum atomic E-state index is 0.249. The van der Waals surface area contributed by atoms with Crippen LogP contribution in [0.15, 0.2) is 6.07 Å². The van der Waals surface area contributed by atoms with Crippen LogP contribution in [0.1, 0.15) is 25.0 Å². The van der Waals surface area contributed by atoms with Crippen LogP contribution in [0.5, 0.6) is 5.88 Å². The lowest BCUT2D eigenvalue weighted by molar-refractivity contribution is 0.247. The van der Waals surface area contributed by atoms with Crippen LogP contribution >= 0.6 is 11.6 Å². The summed E-state index contributed by atoms with van der Waals surface area (Å²) in [6.45, 7) is 4.83. The highest BCUT2D eigenvalue weighted by atomic mass is 35.5. The molecule has 0 aliphatic carbocycles. The van der Waals surface area contributed by atoms with Crippen molar-refractivity contribution in [2.24, 2.45) is 5.92 Å². The first-order chi connectivity index (χ1) is 8.24. The summed E-state index contributed by atoms with van der Waals surface area (Å²) in [5, 5.41) is 3.65. The molecule has 1 atom stereocenters. The summed E-state index contributed by atoms with van der Waals surface area (Å²) in [7, 11) is 0. The van der Waals surface area contributed by atoms with Gasteiger partial charge in [-0.1, -0.05) is 0 Å². The molecule has 94 valence electrons. The number of nitrogens with zero attached hydrogens (tertiary/aromatic N) is 2. The lowest BCUT2D eigenvalue weighted by atomic mass is 9.97. The Morgan fingerprint density at radius 2 is 2.41 bits per heavy atom. The minimum Gasteiger partial charge on any atom is -0.478 e. The van der Waals surface area contributed by atoms with E-state index in [0.29, 0.717) is 12.5 Å². The van der Waals surface area contributed by atoms with Gasteiger partial charge in [0.15, 0.2) is 0 Å². The van der Waals surface area contributed by atoms with E-state index >= 15 is 0 Å². The fourth-order valence-electron chi connectivity index (χ4n) is 2.08. The molecule has 1 fully saturated rings. The minimum absolute atomic E-state index is 0.249. The molecule has 1 unspecified atom stereocenters. The maximum absolute atomic E-state index is 5.77. The molecule has 2 heterocycles. The number of ether oxygens (including phenoxy) is 1. The molecule has 1 N–H and O–H groups in total. The molecule has 1 aromatic heterocycles. The highest BCUT2D eigenvalue weighted by Crippen LogP contribution is 2.16. The van der Waals surface area contributed by atoms with Gasteiger partial charge >= 0.3 is 0 Å². The monoisotopic (exact) mass is 255 g/mol. The van der Waals surface area contributed by atoms with Crippen LogP contribution in [0.3, 0.4) is 0 Å². The summed E-state index contributed by atoms with van der Waals surface area (Å²) in [6.07, 6.45) is 3.62. The van der Waals surface area contributed by atoms with Crippen molar-refractivity contribution in [2.45, 2.75) is 26.2 Å². The van der Waals surface area contributed by atoms with Crippen LogP contribution < -0.4 is 10.1 Å². The third kappa shape index (κ3) is 4.13. The molecule has 1 aromatic rings. The lowest BCUT2D eigenvalue weighted by Gasteiger charge is -2.22. The number of halogens is 1. The topological polar surface area (TPSA) is 47.0 Å². The van der Waals surface area contributed by atoms with Gasteiger partial charge in [-0.15, -0.1) is 0 Å². The molecule has 5 heteroatoms. The number of aryl methyl sites for hydroxylation is 1. The third-order valence-corrected chi connectivity index (χ3v) is 3.15. The Labute approximate surface area is 107 Å². The molecule has 17 heavy (non-hydrogen) atoms. The van der Waals surface area contributed by atoms with Gasteiger partial charge < -0.3 is 10.1 Å². The van der Waals surface area contributed by atoms with Gasteiger partial charge in [-0.05, 0) is 56.8 Å². The van der Waals surface area contributed by atoms with Crippen LogP contribution in [-0.4, -0.2) is 29.7 Å². The number of aromatic nitrogens is 2. The first kappa shape index (κ1) is 12.6. The van der Waals surface area contributed by atoms with E-state index in [-0.39, 0.29) is 5.28 Å². The molecule has 0 aromatic carbocycles. The molecular weight excluding hydrogens is 238 g/mol. The highest BCUT2D eigenvalue weighted by Gasteiger charge is 2.12. The molecule has 0 spiro atoms. The summed E-state index contributed by atoms with van der Waals surface area (Å²) in [5.41, 5.74) is 0.833. The smallest absolute Gasteiger partial charge is 0.225 e. The van der Waals surface area contributed by atoms with E-state index in [1.54, 1.807) is 0 Å². The Hall–Kier alpha value is -0.870. The van der Waals surface area contributed by atoms with Gasteiger partial charge in [-0.3, -0.25) is 0 Å². The van der Waals surface area contributed by atoms with Gasteiger partial charge in [0.05, 0.1) is 6.61 Å². The van der Waals surface area contributed by atoms with Gasteiger partial charge in [0.1, 0.15) is 0 Å². The number of hydrogen-bond donors (Lipinski definition) is 1. The van der Waals surface area contributed by atoms with Crippen molar-refractivity contribution in [3.05, 3.63) is 17.0 Å². The van der Waals surface area contributed by atoms with Gasteiger partial charge in [-0.25, -0.2) is 4.98 Å². The predicted molar refractivity (Wildman–Crippen MR) is 67.5 cm³/mol. The second kappa shape index (κ2) is 6.17. The van der Waals surface area contributed by atoms with E-state index in [9.17, 15) is 0 Å². The van der Waals surface area contributed by atoms with Crippen LogP contribution in [0.25, 0.3) is 0 Å². The van der Waals surface area contributed by atoms with Crippen molar-refractivity contribution in [1.29, 1.82) is 0 Å². The molecule has 0 amide bonds. The average molecular weight is 256 g/mol. The average Bonchev–Trinajstić information content (AvgIpc) is 2.29. The quantitative estimate of drug-likeness (QED) is 0.838. The Kier molecular flexibility index (Phi) is 4.57. The van der Waals surface area contributed by atoms with Crippen molar-refractivity contribution >= 4 is 11.6 Å². The second-order valence-electron chi connectivity index (χ2n) is 4.47. The summed E-state index contributed by atoms with van der Waals surface area (Å²) in [6, 6.07) is 1.81. The molecule has 0 radical (unpaired) electrons. The fourth-order valence-corrected chi connectivity index (χ4v) is 2.30. The van der Waals surface area contributed by atoms with E-state index in [4.69, 9.17) is 16.3 Å². The summed E-state index contributed by atoms with van der Waals surface area (Å²) in [4.78, 5) is 8.03. The SMILES string of the molecule is Cc1cc(OCCC2CCCNC2)nc(Cl)n1. The first-order valence-corrected chi connectivity index (χ1v) is 6.46. The zero-order chi connectivity index (χ0) is 12.1. The van der Waals surface area contributed by atoms with E-state index in [1.807, 2.05) is 13.0 Å². The number of piperidine rings is 1. The van der Waals surface area contributed by atoms with Crippen molar-refractivity contribution < 1.29 is 4.74 Å². The maximum Gasteiger partial charge on any atom is 0.225 e. The molecule has 0 saturated carbocycles. The third-order valence-electron chi connectivity index (χ3n) is 2.98. The molecule has 1 aliphatic rings. The van der Waals surface area contributed by atoms with Crippen LogP contribution in [0, 0.1) is 12.8 Å². The van der Waals surface area contributed by atoms with Gasteiger partial charge in [0.25, 0.3) is 0 Å². The zero-order valence-corrected chi connectivity index (χ0v) is 10.8. The summed E-state index contributed by atoms with van der Waals surface area (Å²) < 4.78 is 5.61. The van der Waals surface area contributed by atoms with Crippen molar-refractivity contribution in [3.63, 3.8) is 0 Å². The first-order valence-electron chi connectivity index (χ1n) is 6.09. The van der Waals surface area contributed by atoms with E-state index in [0.717, 1.165) is 31.1 Å². The Balaban J connectivity index is 1.77. The van der Waals surface area contributed by atoms with Crippen molar-refractivity contribution in [1.82, 2.24) is 15.3 Å². The van der Waals surface area contributed by atoms with E-state index in [1.165, 1.54) is 12.8 Å². The van der Waals surface area contributed by atoms with E-state index < -0.39 is 0 Å². The Morgan fingerprint density at radius 3 is 3.12 bits per heavy atom. The standard InChI is InChI=1S/C12H18ClN3O/c1-9-7-11(16-12(13)15-9)17-6-4-10-3-2-5-14-8-10/h7,10,14H,2-6,8H2,1H3. The van der Waals surface area contributed by atoms with Gasteiger partial charge in [-0.2, -0.15) is 4.98 Å². The van der Waals surface area contributed by atoms with E-state index in [2.05, 4.69) is 15.3 Å². The van der Waals surface area contributed by atoms with Crippen molar-refractivity contribution in [2.75, 3.05) is 19.7 Å². The summed E-state index contributed by atoms with van der Waals surface area (Å²) in [5.74, 6) is 1.30. The van der Waals surface area contributed by atoms with Crippen LogP contribution in [0.2, 0.25) is 5.28 Å². The van der Waals surface area contributed by atoms with Crippen molar-refractivity contribution in [3.8, 4) is 5.88 Å². The molecule has 0 bridgehead atoms. The molecule has 1 saturated heterocycles. The Bertz CT molecular complexity index is 347. The summed E-state index contributed by atoms with van der Waals surface area (Å²) >= 11 is 5.77. The van der Waals surface area contributed by atoms with Gasteiger partial charge in [0, 0.05) is 11.8 Å². The second-order valence-corrected chi connectivity index (χ2v) is 4.80. The van der Waals surface area contributed by atoms with Gasteiger partial charge in [0.2, 0.25) is 11.2 Å². The Morgan fingerprint density at radius 1 is 1.53 bits per heavy atom. The van der Waals surface area contributed by atoms with Crippen LogP contribution in [-0.2, 0) is 0 Å². The lowest BCUT2D eigenvalue weighted by Crippen LogP contribution is -2.30. The predicted octanol–water partition coefficient (Wildman–Crippen LogP) is 2.21. The number of nitrogens with one attached hydrogen (secondary N) is 1. The molecular formula is C12H18ClN3O. The zero-order valence-electron chi connectivity index (χ0n) is 10.1. The number of hydrogen-bond acceptors (Lipinski definition) is 4. The molecule has 4 nitrogen and oxygen atoms in total. The maximum atomic E-state index is 5.77. The normalized spacial score (nSPS) is 20.2. The largest absolute Gasteiger partial charge is 0.478 e. The molecule has 1 aliphatic heterocycles. The van der Waals surface area contributed by atoms with Crippen LogP contribution in [0.4, 0.5) is 0 Å². The number of rotatable bonds is 4. The highest BCUT2D eigenvalue weighted by molar-refractivity contribution is 6.28. The molecule has 2 rings (SSSR count).